The Morgan fingerprint density at radius 1 is 1.00 bits per heavy atom. The molecular weight excluding hydrogens is 352 g/mol. The van der Waals surface area contributed by atoms with Crippen LogP contribution in [-0.2, 0) is 13.1 Å². The van der Waals surface area contributed by atoms with Gasteiger partial charge in [0.25, 0.3) is 0 Å². The summed E-state index contributed by atoms with van der Waals surface area (Å²) in [5.74, 6) is 1.01. The molecule has 0 saturated carbocycles. The molecule has 144 valence electrons. The van der Waals surface area contributed by atoms with Crippen LogP contribution in [0.5, 0.6) is 0 Å². The van der Waals surface area contributed by atoms with Crippen LogP contribution in [0.2, 0.25) is 0 Å². The van der Waals surface area contributed by atoms with E-state index in [0.29, 0.717) is 18.3 Å². The van der Waals surface area contributed by atoms with Gasteiger partial charge in [-0.15, -0.1) is 18.2 Å². The molecule has 0 fully saturated rings. The lowest BCUT2D eigenvalue weighted by Gasteiger charge is -2.34. The van der Waals surface area contributed by atoms with Crippen LogP contribution >= 0.6 is 11.6 Å². The van der Waals surface area contributed by atoms with Crippen molar-refractivity contribution in [2.24, 2.45) is 10.9 Å². The highest BCUT2D eigenvalue weighted by Gasteiger charge is 2.25. The summed E-state index contributed by atoms with van der Waals surface area (Å²) in [4.78, 5) is 7.25. The number of hydrogen-bond acceptors (Lipinski definition) is 2. The Balaban J connectivity index is 2.36. The molecule has 0 bridgehead atoms. The summed E-state index contributed by atoms with van der Waals surface area (Å²) in [5, 5.41) is 0. The molecule has 27 heavy (non-hydrogen) atoms. The second-order valence-corrected chi connectivity index (χ2v) is 7.54. The lowest BCUT2D eigenvalue weighted by Crippen LogP contribution is -2.42. The zero-order chi connectivity index (χ0) is 19.5. The molecule has 2 rings (SSSR count). The second kappa shape index (κ2) is 11.7. The van der Waals surface area contributed by atoms with Crippen molar-refractivity contribution in [3.8, 4) is 0 Å². The molecule has 0 N–H and O–H groups in total. The van der Waals surface area contributed by atoms with E-state index in [9.17, 15) is 0 Å². The van der Waals surface area contributed by atoms with Gasteiger partial charge in [0.05, 0.1) is 12.4 Å². The number of benzene rings is 2. The van der Waals surface area contributed by atoms with Crippen LogP contribution in [0, 0.1) is 5.92 Å². The van der Waals surface area contributed by atoms with E-state index >= 15 is 0 Å². The van der Waals surface area contributed by atoms with Crippen molar-refractivity contribution in [2.75, 3.05) is 12.4 Å². The van der Waals surface area contributed by atoms with Crippen LogP contribution in [-0.4, -0.2) is 29.1 Å². The topological polar surface area (TPSA) is 15.6 Å². The van der Waals surface area contributed by atoms with Crippen molar-refractivity contribution in [2.45, 2.75) is 39.4 Å². The maximum absolute atomic E-state index is 6.34. The average molecular weight is 383 g/mol. The SMILES string of the molecule is C=CCN=C(CCl)[C@H](CC(C)C)N(Cc1ccccc1)Cc1ccccc1. The molecule has 0 radical (unpaired) electrons. The van der Waals surface area contributed by atoms with Gasteiger partial charge in [-0.2, -0.15) is 0 Å². The molecule has 0 spiro atoms. The Bertz CT molecular complexity index is 653. The highest BCUT2D eigenvalue weighted by atomic mass is 35.5. The lowest BCUT2D eigenvalue weighted by molar-refractivity contribution is 0.201. The summed E-state index contributed by atoms with van der Waals surface area (Å²) in [6.45, 7) is 10.7. The van der Waals surface area contributed by atoms with Crippen molar-refractivity contribution in [1.82, 2.24) is 4.90 Å². The number of nitrogens with zero attached hydrogens (tertiary/aromatic N) is 2. The van der Waals surface area contributed by atoms with Crippen LogP contribution in [0.1, 0.15) is 31.4 Å². The highest BCUT2D eigenvalue weighted by molar-refractivity contribution is 6.29. The van der Waals surface area contributed by atoms with Gasteiger partial charge in [0.15, 0.2) is 0 Å². The van der Waals surface area contributed by atoms with Gasteiger partial charge in [-0.25, -0.2) is 0 Å². The Kier molecular flexibility index (Phi) is 9.30. The van der Waals surface area contributed by atoms with Crippen molar-refractivity contribution in [1.29, 1.82) is 0 Å². The summed E-state index contributed by atoms with van der Waals surface area (Å²) in [7, 11) is 0. The Morgan fingerprint density at radius 3 is 1.93 bits per heavy atom. The fourth-order valence-electron chi connectivity index (χ4n) is 3.27. The summed E-state index contributed by atoms with van der Waals surface area (Å²) in [6.07, 6.45) is 2.86. The van der Waals surface area contributed by atoms with E-state index in [4.69, 9.17) is 16.6 Å². The molecule has 0 heterocycles. The first-order valence-corrected chi connectivity index (χ1v) is 10.2. The number of hydrogen-bond donors (Lipinski definition) is 0. The molecule has 2 aromatic rings. The average Bonchev–Trinajstić information content (AvgIpc) is 2.68. The smallest absolute Gasteiger partial charge is 0.0619 e. The molecule has 3 heteroatoms. The third kappa shape index (κ3) is 7.32. The fourth-order valence-corrected chi connectivity index (χ4v) is 3.54. The van der Waals surface area contributed by atoms with Crippen LogP contribution in [0.4, 0.5) is 0 Å². The third-order valence-electron chi connectivity index (χ3n) is 4.54. The van der Waals surface area contributed by atoms with Gasteiger partial charge < -0.3 is 0 Å². The predicted molar refractivity (Wildman–Crippen MR) is 119 cm³/mol. The van der Waals surface area contributed by atoms with Gasteiger partial charge in [-0.3, -0.25) is 9.89 Å². The van der Waals surface area contributed by atoms with Crippen molar-refractivity contribution < 1.29 is 0 Å². The highest BCUT2D eigenvalue weighted by Crippen LogP contribution is 2.20. The van der Waals surface area contributed by atoms with E-state index in [-0.39, 0.29) is 6.04 Å². The first-order chi connectivity index (χ1) is 13.1. The molecule has 0 saturated heterocycles. The largest absolute Gasteiger partial charge is 0.287 e. The lowest BCUT2D eigenvalue weighted by atomic mass is 9.97. The molecule has 0 aliphatic heterocycles. The van der Waals surface area contributed by atoms with Crippen molar-refractivity contribution >= 4 is 17.3 Å². The minimum atomic E-state index is 0.211. The molecular formula is C24H31ClN2. The van der Waals surface area contributed by atoms with Crippen LogP contribution in [0.15, 0.2) is 78.3 Å². The molecule has 0 aliphatic carbocycles. The standard InChI is InChI=1S/C24H31ClN2/c1-4-15-26-23(17-25)24(16-20(2)3)27(18-21-11-7-5-8-12-21)19-22-13-9-6-10-14-22/h4-14,20,24H,1,15-19H2,2-3H3/t24-/m0/s1. The number of halogens is 1. The van der Waals surface area contributed by atoms with E-state index in [1.807, 2.05) is 6.08 Å². The number of aliphatic imine (C=N–C) groups is 1. The number of rotatable bonds is 11. The maximum Gasteiger partial charge on any atom is 0.0619 e. The van der Waals surface area contributed by atoms with E-state index in [0.717, 1.165) is 25.2 Å². The molecule has 0 aliphatic rings. The Labute approximate surface area is 169 Å². The normalized spacial score (nSPS) is 13.1. The van der Waals surface area contributed by atoms with Crippen LogP contribution < -0.4 is 0 Å². The van der Waals surface area contributed by atoms with E-state index < -0.39 is 0 Å². The summed E-state index contributed by atoms with van der Waals surface area (Å²) >= 11 is 6.34. The third-order valence-corrected chi connectivity index (χ3v) is 4.81. The first-order valence-electron chi connectivity index (χ1n) is 9.66. The Hall–Kier alpha value is -1.90. The fraction of sp³-hybridized carbons (Fsp3) is 0.375. The van der Waals surface area contributed by atoms with E-state index in [2.05, 4.69) is 86.0 Å². The van der Waals surface area contributed by atoms with Gasteiger partial charge in [-0.1, -0.05) is 80.6 Å². The quantitative estimate of drug-likeness (QED) is 0.265. The van der Waals surface area contributed by atoms with Gasteiger partial charge in [0.1, 0.15) is 0 Å². The molecule has 2 aromatic carbocycles. The van der Waals surface area contributed by atoms with Crippen LogP contribution in [0.25, 0.3) is 0 Å². The van der Waals surface area contributed by atoms with Gasteiger partial charge in [0, 0.05) is 24.8 Å². The van der Waals surface area contributed by atoms with Crippen molar-refractivity contribution in [3.63, 3.8) is 0 Å². The molecule has 0 aromatic heterocycles. The minimum absolute atomic E-state index is 0.211. The molecule has 2 nitrogen and oxygen atoms in total. The number of alkyl halides is 1. The zero-order valence-electron chi connectivity index (χ0n) is 16.5. The second-order valence-electron chi connectivity index (χ2n) is 7.28. The predicted octanol–water partition coefficient (Wildman–Crippen LogP) is 5.97. The van der Waals surface area contributed by atoms with E-state index in [1.165, 1.54) is 11.1 Å². The maximum atomic E-state index is 6.34. The van der Waals surface area contributed by atoms with Crippen molar-refractivity contribution in [3.05, 3.63) is 84.4 Å². The summed E-state index contributed by atoms with van der Waals surface area (Å²) in [5.41, 5.74) is 3.66. The van der Waals surface area contributed by atoms with E-state index in [1.54, 1.807) is 0 Å². The zero-order valence-corrected chi connectivity index (χ0v) is 17.3. The Morgan fingerprint density at radius 2 is 1.52 bits per heavy atom. The minimum Gasteiger partial charge on any atom is -0.287 e. The monoisotopic (exact) mass is 382 g/mol. The van der Waals surface area contributed by atoms with Gasteiger partial charge in [0.2, 0.25) is 0 Å². The molecule has 0 unspecified atom stereocenters. The summed E-state index contributed by atoms with van der Waals surface area (Å²) in [6, 6.07) is 21.5. The summed E-state index contributed by atoms with van der Waals surface area (Å²) < 4.78 is 0. The molecule has 0 amide bonds. The van der Waals surface area contributed by atoms with Gasteiger partial charge in [-0.05, 0) is 23.5 Å². The van der Waals surface area contributed by atoms with Crippen LogP contribution in [0.3, 0.4) is 0 Å². The molecule has 1 atom stereocenters. The first kappa shape index (κ1) is 21.4. The van der Waals surface area contributed by atoms with Gasteiger partial charge >= 0.3 is 0 Å².